The van der Waals surface area contributed by atoms with Crippen LogP contribution in [0.15, 0.2) is 36.4 Å². The number of halogens is 2. The largest absolute Gasteiger partial charge is 0.452 e. The smallest absolute Gasteiger partial charge is 0.165 e. The number of aryl methyl sites for hydroxylation is 1. The Morgan fingerprint density at radius 1 is 1.24 bits per heavy atom. The Morgan fingerprint density at radius 3 is 2.71 bits per heavy atom. The first-order chi connectivity index (χ1) is 9.97. The van der Waals surface area contributed by atoms with E-state index in [2.05, 4.69) is 19.2 Å². The van der Waals surface area contributed by atoms with Crippen molar-refractivity contribution in [2.75, 3.05) is 0 Å². The Hall–Kier alpha value is -1.58. The minimum absolute atomic E-state index is 0.189. The predicted molar refractivity (Wildman–Crippen MR) is 84.6 cm³/mol. The molecule has 0 unspecified atom stereocenters. The Balaban J connectivity index is 2.32. The average molecular weight is 308 g/mol. The first-order valence-corrected chi connectivity index (χ1v) is 7.30. The third-order valence-electron chi connectivity index (χ3n) is 3.05. The standard InChI is InChI=1S/C17H19ClFNO/c1-11(2)20-10-13-5-4-6-14(18)17(13)21-16-9-12(3)7-8-15(16)19/h4-9,11,20H,10H2,1-3H3. The van der Waals surface area contributed by atoms with E-state index >= 15 is 0 Å². The van der Waals surface area contributed by atoms with Crippen molar-refractivity contribution in [1.82, 2.24) is 5.32 Å². The highest BCUT2D eigenvalue weighted by atomic mass is 35.5. The van der Waals surface area contributed by atoms with Gasteiger partial charge < -0.3 is 10.1 Å². The fourth-order valence-electron chi connectivity index (χ4n) is 1.92. The Labute approximate surface area is 129 Å². The van der Waals surface area contributed by atoms with Crippen LogP contribution in [-0.4, -0.2) is 6.04 Å². The van der Waals surface area contributed by atoms with Crippen molar-refractivity contribution in [2.24, 2.45) is 0 Å². The molecule has 21 heavy (non-hydrogen) atoms. The van der Waals surface area contributed by atoms with Gasteiger partial charge in [-0.1, -0.05) is 43.6 Å². The normalized spacial score (nSPS) is 11.0. The molecule has 0 amide bonds. The lowest BCUT2D eigenvalue weighted by molar-refractivity contribution is 0.434. The molecule has 0 bridgehead atoms. The van der Waals surface area contributed by atoms with Crippen LogP contribution in [0.2, 0.25) is 5.02 Å². The van der Waals surface area contributed by atoms with Crippen LogP contribution < -0.4 is 10.1 Å². The summed E-state index contributed by atoms with van der Waals surface area (Å²) in [5.41, 5.74) is 1.83. The number of hydrogen-bond acceptors (Lipinski definition) is 2. The summed E-state index contributed by atoms with van der Waals surface area (Å²) in [5, 5.41) is 3.78. The van der Waals surface area contributed by atoms with Crippen molar-refractivity contribution in [1.29, 1.82) is 0 Å². The van der Waals surface area contributed by atoms with Gasteiger partial charge in [0.2, 0.25) is 0 Å². The maximum Gasteiger partial charge on any atom is 0.165 e. The molecule has 0 aliphatic heterocycles. The van der Waals surface area contributed by atoms with E-state index in [9.17, 15) is 4.39 Å². The van der Waals surface area contributed by atoms with Crippen molar-refractivity contribution in [3.8, 4) is 11.5 Å². The van der Waals surface area contributed by atoms with E-state index in [1.807, 2.05) is 19.1 Å². The molecule has 112 valence electrons. The summed E-state index contributed by atoms with van der Waals surface area (Å²) in [6.07, 6.45) is 0. The van der Waals surface area contributed by atoms with Crippen LogP contribution in [0.25, 0.3) is 0 Å². The lowest BCUT2D eigenvalue weighted by atomic mass is 10.2. The van der Waals surface area contributed by atoms with Crippen molar-refractivity contribution in [2.45, 2.75) is 33.4 Å². The first kappa shape index (κ1) is 15.8. The van der Waals surface area contributed by atoms with Gasteiger partial charge in [-0.3, -0.25) is 0 Å². The molecule has 0 aromatic heterocycles. The van der Waals surface area contributed by atoms with Gasteiger partial charge in [-0.05, 0) is 30.7 Å². The van der Waals surface area contributed by atoms with Crippen LogP contribution in [0.3, 0.4) is 0 Å². The first-order valence-electron chi connectivity index (χ1n) is 6.92. The van der Waals surface area contributed by atoms with Crippen LogP contribution in [0.1, 0.15) is 25.0 Å². The number of hydrogen-bond donors (Lipinski definition) is 1. The highest BCUT2D eigenvalue weighted by molar-refractivity contribution is 6.32. The summed E-state index contributed by atoms with van der Waals surface area (Å²) < 4.78 is 19.6. The molecule has 0 saturated carbocycles. The second kappa shape index (κ2) is 6.92. The van der Waals surface area contributed by atoms with E-state index < -0.39 is 5.82 Å². The van der Waals surface area contributed by atoms with Gasteiger partial charge in [0.1, 0.15) is 0 Å². The zero-order valence-electron chi connectivity index (χ0n) is 12.4. The zero-order chi connectivity index (χ0) is 15.4. The maximum absolute atomic E-state index is 13.8. The van der Waals surface area contributed by atoms with Crippen LogP contribution >= 0.6 is 11.6 Å². The molecule has 0 heterocycles. The Morgan fingerprint density at radius 2 is 2.00 bits per heavy atom. The summed E-state index contributed by atoms with van der Waals surface area (Å²) in [4.78, 5) is 0. The van der Waals surface area contributed by atoms with Crippen molar-refractivity contribution in [3.05, 3.63) is 58.4 Å². The van der Waals surface area contributed by atoms with E-state index in [0.717, 1.165) is 11.1 Å². The molecule has 0 aliphatic carbocycles. The molecular formula is C17H19ClFNO. The molecule has 2 rings (SSSR count). The van der Waals surface area contributed by atoms with Crippen molar-refractivity contribution < 1.29 is 9.13 Å². The average Bonchev–Trinajstić information content (AvgIpc) is 2.43. The lowest BCUT2D eigenvalue weighted by Gasteiger charge is -2.15. The number of benzene rings is 2. The second-order valence-corrected chi connectivity index (χ2v) is 5.71. The number of rotatable bonds is 5. The van der Waals surface area contributed by atoms with Gasteiger partial charge in [-0.25, -0.2) is 4.39 Å². The molecule has 0 atom stereocenters. The van der Waals surface area contributed by atoms with Gasteiger partial charge in [0.25, 0.3) is 0 Å². The van der Waals surface area contributed by atoms with Gasteiger partial charge in [0.05, 0.1) is 5.02 Å². The van der Waals surface area contributed by atoms with Crippen LogP contribution in [0.4, 0.5) is 4.39 Å². The fourth-order valence-corrected chi connectivity index (χ4v) is 2.15. The third-order valence-corrected chi connectivity index (χ3v) is 3.35. The molecule has 0 radical (unpaired) electrons. The van der Waals surface area contributed by atoms with E-state index in [1.165, 1.54) is 6.07 Å². The van der Waals surface area contributed by atoms with Crippen LogP contribution in [0, 0.1) is 12.7 Å². The molecule has 2 aromatic carbocycles. The summed E-state index contributed by atoms with van der Waals surface area (Å²) >= 11 is 6.21. The second-order valence-electron chi connectivity index (χ2n) is 5.30. The molecule has 0 spiro atoms. The minimum atomic E-state index is -0.400. The van der Waals surface area contributed by atoms with Crippen LogP contribution in [-0.2, 0) is 6.54 Å². The Bertz CT molecular complexity index is 628. The molecule has 1 N–H and O–H groups in total. The number of para-hydroxylation sites is 1. The molecule has 2 aromatic rings. The molecule has 0 fully saturated rings. The molecule has 0 saturated heterocycles. The SMILES string of the molecule is Cc1ccc(F)c(Oc2c(Cl)cccc2CNC(C)C)c1. The number of nitrogens with one attached hydrogen (secondary N) is 1. The van der Waals surface area contributed by atoms with E-state index in [1.54, 1.807) is 18.2 Å². The summed E-state index contributed by atoms with van der Waals surface area (Å²) in [7, 11) is 0. The van der Waals surface area contributed by atoms with Gasteiger partial charge in [0, 0.05) is 18.2 Å². The van der Waals surface area contributed by atoms with E-state index in [4.69, 9.17) is 16.3 Å². The molecule has 0 aliphatic rings. The van der Waals surface area contributed by atoms with E-state index in [-0.39, 0.29) is 5.75 Å². The highest BCUT2D eigenvalue weighted by Gasteiger charge is 2.12. The number of ether oxygens (including phenoxy) is 1. The lowest BCUT2D eigenvalue weighted by Crippen LogP contribution is -2.22. The topological polar surface area (TPSA) is 21.3 Å². The zero-order valence-corrected chi connectivity index (χ0v) is 13.2. The van der Waals surface area contributed by atoms with Gasteiger partial charge >= 0.3 is 0 Å². The monoisotopic (exact) mass is 307 g/mol. The summed E-state index contributed by atoms with van der Waals surface area (Å²) in [6.45, 7) is 6.62. The van der Waals surface area contributed by atoms with Crippen molar-refractivity contribution >= 4 is 11.6 Å². The minimum Gasteiger partial charge on any atom is -0.452 e. The van der Waals surface area contributed by atoms with Crippen molar-refractivity contribution in [3.63, 3.8) is 0 Å². The predicted octanol–water partition coefficient (Wildman–Crippen LogP) is 5.08. The van der Waals surface area contributed by atoms with Crippen LogP contribution in [0.5, 0.6) is 11.5 Å². The van der Waals surface area contributed by atoms with E-state index in [0.29, 0.717) is 23.4 Å². The maximum atomic E-state index is 13.8. The Kier molecular flexibility index (Phi) is 5.21. The molecule has 4 heteroatoms. The summed E-state index contributed by atoms with van der Waals surface area (Å²) in [6, 6.07) is 10.6. The quantitative estimate of drug-likeness (QED) is 0.832. The highest BCUT2D eigenvalue weighted by Crippen LogP contribution is 2.34. The van der Waals surface area contributed by atoms with Gasteiger partial charge in [-0.2, -0.15) is 0 Å². The van der Waals surface area contributed by atoms with Gasteiger partial charge in [0.15, 0.2) is 17.3 Å². The van der Waals surface area contributed by atoms with Gasteiger partial charge in [-0.15, -0.1) is 0 Å². The summed E-state index contributed by atoms with van der Waals surface area (Å²) in [5.74, 6) is 0.286. The third kappa shape index (κ3) is 4.19. The fraction of sp³-hybridized carbons (Fsp3) is 0.294. The molecule has 2 nitrogen and oxygen atoms in total. The molecular weight excluding hydrogens is 289 g/mol.